The minimum Gasteiger partial charge on any atom is -0.495 e. The van der Waals surface area contributed by atoms with E-state index in [4.69, 9.17) is 4.74 Å². The van der Waals surface area contributed by atoms with Crippen LogP contribution in [0.2, 0.25) is 0 Å². The highest BCUT2D eigenvalue weighted by Gasteiger charge is 2.13. The SMILES string of the molecule is COc1ccc(C)cc1NS(=O)(=O)CCCc1ccccc1. The molecule has 0 atom stereocenters. The molecule has 0 aliphatic carbocycles. The number of ether oxygens (including phenoxy) is 1. The summed E-state index contributed by atoms with van der Waals surface area (Å²) in [7, 11) is -1.86. The van der Waals surface area contributed by atoms with E-state index in [-0.39, 0.29) is 5.75 Å². The Labute approximate surface area is 132 Å². The lowest BCUT2D eigenvalue weighted by molar-refractivity contribution is 0.417. The third-order valence-electron chi connectivity index (χ3n) is 3.34. The molecule has 0 amide bonds. The van der Waals surface area contributed by atoms with Gasteiger partial charge in [-0.05, 0) is 43.0 Å². The Morgan fingerprint density at radius 1 is 1.09 bits per heavy atom. The molecule has 0 bridgehead atoms. The van der Waals surface area contributed by atoms with E-state index in [0.717, 1.165) is 17.5 Å². The number of rotatable bonds is 7. The molecule has 22 heavy (non-hydrogen) atoms. The molecule has 0 saturated heterocycles. The van der Waals surface area contributed by atoms with E-state index in [0.29, 0.717) is 17.9 Å². The van der Waals surface area contributed by atoms with Gasteiger partial charge in [-0.25, -0.2) is 8.42 Å². The average Bonchev–Trinajstić information content (AvgIpc) is 2.48. The molecule has 0 aliphatic heterocycles. The van der Waals surface area contributed by atoms with Crippen molar-refractivity contribution in [2.45, 2.75) is 19.8 Å². The van der Waals surface area contributed by atoms with Gasteiger partial charge in [-0.3, -0.25) is 4.72 Å². The highest BCUT2D eigenvalue weighted by Crippen LogP contribution is 2.26. The number of aryl methyl sites for hydroxylation is 2. The molecular formula is C17H21NO3S. The van der Waals surface area contributed by atoms with Gasteiger partial charge in [-0.15, -0.1) is 0 Å². The van der Waals surface area contributed by atoms with Crippen LogP contribution in [0.15, 0.2) is 48.5 Å². The summed E-state index contributed by atoms with van der Waals surface area (Å²) in [6.07, 6.45) is 1.32. The maximum Gasteiger partial charge on any atom is 0.232 e. The Morgan fingerprint density at radius 2 is 1.82 bits per heavy atom. The van der Waals surface area contributed by atoms with E-state index >= 15 is 0 Å². The molecule has 2 aromatic rings. The molecule has 2 rings (SSSR count). The number of hydrogen-bond acceptors (Lipinski definition) is 3. The number of nitrogens with one attached hydrogen (secondary N) is 1. The van der Waals surface area contributed by atoms with Crippen LogP contribution in [-0.2, 0) is 16.4 Å². The summed E-state index contributed by atoms with van der Waals surface area (Å²) in [5.41, 5.74) is 2.61. The van der Waals surface area contributed by atoms with Crippen LogP contribution in [0.1, 0.15) is 17.5 Å². The third kappa shape index (κ3) is 4.77. The van der Waals surface area contributed by atoms with E-state index < -0.39 is 10.0 Å². The Morgan fingerprint density at radius 3 is 2.50 bits per heavy atom. The fourth-order valence-corrected chi connectivity index (χ4v) is 3.35. The third-order valence-corrected chi connectivity index (χ3v) is 4.70. The lowest BCUT2D eigenvalue weighted by Crippen LogP contribution is -2.17. The lowest BCUT2D eigenvalue weighted by Gasteiger charge is -2.12. The predicted molar refractivity (Wildman–Crippen MR) is 89.9 cm³/mol. The van der Waals surface area contributed by atoms with Gasteiger partial charge in [0.25, 0.3) is 0 Å². The number of anilines is 1. The molecular weight excluding hydrogens is 298 g/mol. The van der Waals surface area contributed by atoms with Crippen molar-refractivity contribution in [3.05, 3.63) is 59.7 Å². The monoisotopic (exact) mass is 319 g/mol. The standard InChI is InChI=1S/C17H21NO3S/c1-14-10-11-17(21-2)16(13-14)18-22(19,20)12-6-9-15-7-4-3-5-8-15/h3-5,7-8,10-11,13,18H,6,9,12H2,1-2H3. The summed E-state index contributed by atoms with van der Waals surface area (Å²) in [5.74, 6) is 0.608. The maximum atomic E-state index is 12.2. The number of sulfonamides is 1. The number of benzene rings is 2. The highest BCUT2D eigenvalue weighted by atomic mass is 32.2. The number of methoxy groups -OCH3 is 1. The Hall–Kier alpha value is -2.01. The summed E-state index contributed by atoms with van der Waals surface area (Å²) >= 11 is 0. The second kappa shape index (κ2) is 7.31. The smallest absolute Gasteiger partial charge is 0.232 e. The summed E-state index contributed by atoms with van der Waals surface area (Å²) in [6, 6.07) is 15.3. The topological polar surface area (TPSA) is 55.4 Å². The van der Waals surface area contributed by atoms with Gasteiger partial charge < -0.3 is 4.74 Å². The van der Waals surface area contributed by atoms with Crippen molar-refractivity contribution in [1.82, 2.24) is 0 Å². The van der Waals surface area contributed by atoms with Gasteiger partial charge in [-0.2, -0.15) is 0 Å². The van der Waals surface area contributed by atoms with Gasteiger partial charge in [-0.1, -0.05) is 36.4 Å². The molecule has 0 spiro atoms. The van der Waals surface area contributed by atoms with Gasteiger partial charge in [0.1, 0.15) is 5.75 Å². The Balaban J connectivity index is 1.98. The Kier molecular flexibility index (Phi) is 5.44. The summed E-state index contributed by atoms with van der Waals surface area (Å²) < 4.78 is 32.2. The van der Waals surface area contributed by atoms with Crippen molar-refractivity contribution >= 4 is 15.7 Å². The molecule has 5 heteroatoms. The van der Waals surface area contributed by atoms with Crippen molar-refractivity contribution < 1.29 is 13.2 Å². The van der Waals surface area contributed by atoms with Crippen molar-refractivity contribution in [2.24, 2.45) is 0 Å². The van der Waals surface area contributed by atoms with Gasteiger partial charge in [0.05, 0.1) is 18.6 Å². The summed E-state index contributed by atoms with van der Waals surface area (Å²) in [5, 5.41) is 0. The Bertz CT molecular complexity index is 712. The van der Waals surface area contributed by atoms with Crippen molar-refractivity contribution in [1.29, 1.82) is 0 Å². The van der Waals surface area contributed by atoms with Crippen LogP contribution in [0.3, 0.4) is 0 Å². The van der Waals surface area contributed by atoms with E-state index in [1.165, 1.54) is 7.11 Å². The molecule has 0 heterocycles. The van der Waals surface area contributed by atoms with Crippen molar-refractivity contribution in [2.75, 3.05) is 17.6 Å². The zero-order valence-corrected chi connectivity index (χ0v) is 13.7. The van der Waals surface area contributed by atoms with E-state index in [1.54, 1.807) is 12.1 Å². The molecule has 1 N–H and O–H groups in total. The predicted octanol–water partition coefficient (Wildman–Crippen LogP) is 3.38. The van der Waals surface area contributed by atoms with E-state index in [1.807, 2.05) is 43.3 Å². The molecule has 0 saturated carbocycles. The molecule has 0 radical (unpaired) electrons. The summed E-state index contributed by atoms with van der Waals surface area (Å²) in [6.45, 7) is 1.91. The largest absolute Gasteiger partial charge is 0.495 e. The van der Waals surface area contributed by atoms with Gasteiger partial charge >= 0.3 is 0 Å². The second-order valence-corrected chi connectivity index (χ2v) is 7.06. The van der Waals surface area contributed by atoms with Crippen LogP contribution >= 0.6 is 0 Å². The maximum absolute atomic E-state index is 12.2. The van der Waals surface area contributed by atoms with Crippen LogP contribution in [0.5, 0.6) is 5.75 Å². The molecule has 0 aliphatic rings. The zero-order valence-electron chi connectivity index (χ0n) is 12.9. The van der Waals surface area contributed by atoms with E-state index in [2.05, 4.69) is 4.72 Å². The van der Waals surface area contributed by atoms with Gasteiger partial charge in [0.15, 0.2) is 0 Å². The molecule has 2 aromatic carbocycles. The fraction of sp³-hybridized carbons (Fsp3) is 0.294. The van der Waals surface area contributed by atoms with Crippen molar-refractivity contribution in [3.8, 4) is 5.75 Å². The minimum absolute atomic E-state index is 0.0823. The first-order chi connectivity index (χ1) is 10.5. The molecule has 0 fully saturated rings. The van der Waals surface area contributed by atoms with Crippen LogP contribution in [0, 0.1) is 6.92 Å². The van der Waals surface area contributed by atoms with Gasteiger partial charge in [0.2, 0.25) is 10.0 Å². The first-order valence-corrected chi connectivity index (χ1v) is 8.84. The lowest BCUT2D eigenvalue weighted by atomic mass is 10.1. The van der Waals surface area contributed by atoms with Crippen LogP contribution in [0.25, 0.3) is 0 Å². The second-order valence-electron chi connectivity index (χ2n) is 5.21. The first kappa shape index (κ1) is 16.4. The molecule has 118 valence electrons. The summed E-state index contributed by atoms with van der Waals surface area (Å²) in [4.78, 5) is 0. The molecule has 0 unspecified atom stereocenters. The minimum atomic E-state index is -3.38. The van der Waals surface area contributed by atoms with Crippen LogP contribution < -0.4 is 9.46 Å². The van der Waals surface area contributed by atoms with Crippen LogP contribution in [0.4, 0.5) is 5.69 Å². The highest BCUT2D eigenvalue weighted by molar-refractivity contribution is 7.92. The van der Waals surface area contributed by atoms with Gasteiger partial charge in [0, 0.05) is 0 Å². The van der Waals surface area contributed by atoms with Crippen LogP contribution in [-0.4, -0.2) is 21.3 Å². The average molecular weight is 319 g/mol. The molecule has 0 aromatic heterocycles. The zero-order chi connectivity index (χ0) is 16.0. The normalized spacial score (nSPS) is 11.2. The first-order valence-electron chi connectivity index (χ1n) is 7.19. The number of hydrogen-bond donors (Lipinski definition) is 1. The quantitative estimate of drug-likeness (QED) is 0.851. The fourth-order valence-electron chi connectivity index (χ4n) is 2.23. The van der Waals surface area contributed by atoms with E-state index in [9.17, 15) is 8.42 Å². The van der Waals surface area contributed by atoms with Crippen molar-refractivity contribution in [3.63, 3.8) is 0 Å². The molecule has 4 nitrogen and oxygen atoms in total.